The van der Waals surface area contributed by atoms with Crippen LogP contribution in [0.3, 0.4) is 0 Å². The van der Waals surface area contributed by atoms with Gasteiger partial charge in [0, 0.05) is 23.2 Å². The second-order valence-electron chi connectivity index (χ2n) is 7.61. The summed E-state index contributed by atoms with van der Waals surface area (Å²) in [6, 6.07) is 6.42. The molecule has 3 aromatic rings. The zero-order valence-corrected chi connectivity index (χ0v) is 17.6. The van der Waals surface area contributed by atoms with Gasteiger partial charge < -0.3 is 21.1 Å². The third kappa shape index (κ3) is 4.07. The number of nitrogens with one attached hydrogen (secondary N) is 2. The zero-order valence-electron chi connectivity index (χ0n) is 17.6. The number of nitrogens with zero attached hydrogens (tertiary/aromatic N) is 3. The first kappa shape index (κ1) is 20.4. The molecule has 0 aliphatic heterocycles. The van der Waals surface area contributed by atoms with Crippen LogP contribution in [-0.4, -0.2) is 40.1 Å². The summed E-state index contributed by atoms with van der Waals surface area (Å²) in [7, 11) is 1.66. The van der Waals surface area contributed by atoms with Gasteiger partial charge in [0.25, 0.3) is 5.91 Å². The Labute approximate surface area is 179 Å². The maximum Gasteiger partial charge on any atom is 0.265 e. The van der Waals surface area contributed by atoms with Crippen molar-refractivity contribution >= 4 is 29.9 Å². The topological polar surface area (TPSA) is 124 Å². The minimum atomic E-state index is -0.750. The van der Waals surface area contributed by atoms with Crippen LogP contribution < -0.4 is 21.1 Å². The third-order valence-corrected chi connectivity index (χ3v) is 5.17. The van der Waals surface area contributed by atoms with Crippen molar-refractivity contribution in [3.05, 3.63) is 46.8 Å². The van der Waals surface area contributed by atoms with Gasteiger partial charge in [-0.05, 0) is 56.0 Å². The van der Waals surface area contributed by atoms with Gasteiger partial charge in [-0.25, -0.2) is 4.98 Å². The molecular weight excluding hydrogens is 396 g/mol. The van der Waals surface area contributed by atoms with E-state index in [1.807, 2.05) is 32.0 Å². The number of nitrogens with two attached hydrogens (primary N) is 1. The lowest BCUT2D eigenvalue weighted by molar-refractivity contribution is -0.116. The average Bonchev–Trinajstić information content (AvgIpc) is 3.45. The second kappa shape index (κ2) is 8.10. The second-order valence-corrected chi connectivity index (χ2v) is 7.61. The number of methoxy groups -OCH3 is 1. The molecule has 1 fully saturated rings. The smallest absolute Gasteiger partial charge is 0.265 e. The van der Waals surface area contributed by atoms with Crippen LogP contribution in [0.2, 0.25) is 0 Å². The van der Waals surface area contributed by atoms with Crippen LogP contribution in [0.1, 0.15) is 29.5 Å². The number of rotatable bonds is 8. The molecule has 0 atom stereocenters. The van der Waals surface area contributed by atoms with E-state index in [0.29, 0.717) is 23.7 Å². The van der Waals surface area contributed by atoms with Crippen molar-refractivity contribution in [1.82, 2.24) is 19.9 Å². The first-order valence-electron chi connectivity index (χ1n) is 9.94. The number of primary amides is 1. The number of carbonyl (C=O) groups excluding carboxylic acids is 2. The number of fused-ring (bicyclic) bond motifs is 1. The van der Waals surface area contributed by atoms with Crippen molar-refractivity contribution < 1.29 is 14.3 Å². The molecule has 0 saturated heterocycles. The summed E-state index contributed by atoms with van der Waals surface area (Å²) in [5.41, 5.74) is 10.1. The van der Waals surface area contributed by atoms with E-state index in [1.54, 1.807) is 17.8 Å². The quantitative estimate of drug-likeness (QED) is 0.379. The van der Waals surface area contributed by atoms with Crippen molar-refractivity contribution in [3.8, 4) is 17.0 Å². The van der Waals surface area contributed by atoms with E-state index in [9.17, 15) is 9.59 Å². The van der Waals surface area contributed by atoms with Crippen LogP contribution >= 0.6 is 0 Å². The number of hydrogen-bond donors (Lipinski definition) is 3. The van der Waals surface area contributed by atoms with E-state index in [0.717, 1.165) is 46.8 Å². The summed E-state index contributed by atoms with van der Waals surface area (Å²) in [5.74, 6) is 0.901. The molecule has 1 aliphatic carbocycles. The largest absolute Gasteiger partial charge is 0.496 e. The number of anilines is 1. The molecule has 1 aromatic carbocycles. The van der Waals surface area contributed by atoms with Crippen molar-refractivity contribution in [1.29, 1.82) is 0 Å². The van der Waals surface area contributed by atoms with Gasteiger partial charge in [-0.2, -0.15) is 9.61 Å². The van der Waals surface area contributed by atoms with E-state index in [1.165, 1.54) is 6.08 Å². The predicted octanol–water partition coefficient (Wildman–Crippen LogP) is 2.17. The van der Waals surface area contributed by atoms with Gasteiger partial charge in [-0.1, -0.05) is 0 Å². The Morgan fingerprint density at radius 3 is 2.55 bits per heavy atom. The first-order chi connectivity index (χ1) is 14.9. The molecular formula is C22H24N6O3. The Morgan fingerprint density at radius 2 is 1.97 bits per heavy atom. The fraction of sp³-hybridized carbons (Fsp3) is 0.273. The standard InChI is InChI=1S/C22H24N6O3/c1-12-6-14(7-13(2)20(12)31-3)17-9-19(26-16-4-5-16)28-22(27-17)15(10-25-28)8-18(21(23)30)24-11-29/h6-11,16,26H,4-5H2,1-3H3,(H2,23,30)(H,24,29)/b18-8-. The molecule has 9 heteroatoms. The summed E-state index contributed by atoms with van der Waals surface area (Å²) in [5, 5.41) is 10.2. The maximum absolute atomic E-state index is 11.7. The van der Waals surface area contributed by atoms with Crippen molar-refractivity contribution in [3.63, 3.8) is 0 Å². The monoisotopic (exact) mass is 420 g/mol. The van der Waals surface area contributed by atoms with Crippen molar-refractivity contribution in [2.24, 2.45) is 5.73 Å². The maximum atomic E-state index is 11.7. The van der Waals surface area contributed by atoms with Gasteiger partial charge >= 0.3 is 0 Å². The normalized spacial score (nSPS) is 13.8. The summed E-state index contributed by atoms with van der Waals surface area (Å²) in [4.78, 5) is 27.3. The first-order valence-corrected chi connectivity index (χ1v) is 9.94. The molecule has 31 heavy (non-hydrogen) atoms. The van der Waals surface area contributed by atoms with Gasteiger partial charge in [0.1, 0.15) is 17.3 Å². The number of aromatic nitrogens is 3. The number of carbonyl (C=O) groups is 2. The molecule has 1 saturated carbocycles. The van der Waals surface area contributed by atoms with Crippen LogP contribution in [0, 0.1) is 13.8 Å². The highest BCUT2D eigenvalue weighted by Gasteiger charge is 2.23. The van der Waals surface area contributed by atoms with Gasteiger partial charge in [0.2, 0.25) is 6.41 Å². The zero-order chi connectivity index (χ0) is 22.1. The number of benzene rings is 1. The highest BCUT2D eigenvalue weighted by molar-refractivity contribution is 5.98. The highest BCUT2D eigenvalue weighted by Crippen LogP contribution is 2.32. The minimum absolute atomic E-state index is 0.0371. The van der Waals surface area contributed by atoms with Gasteiger partial charge in [-0.3, -0.25) is 9.59 Å². The van der Waals surface area contributed by atoms with Crippen LogP contribution in [0.5, 0.6) is 5.75 Å². The fourth-order valence-electron chi connectivity index (χ4n) is 3.59. The minimum Gasteiger partial charge on any atom is -0.496 e. The summed E-state index contributed by atoms with van der Waals surface area (Å²) >= 11 is 0. The van der Waals surface area contributed by atoms with Gasteiger partial charge in [-0.15, -0.1) is 0 Å². The van der Waals surface area contributed by atoms with Crippen LogP contribution in [0.4, 0.5) is 5.82 Å². The Bertz CT molecular complexity index is 1190. The molecule has 0 unspecified atom stereocenters. The Kier molecular flexibility index (Phi) is 5.33. The Morgan fingerprint density at radius 1 is 1.26 bits per heavy atom. The molecule has 0 bridgehead atoms. The SMILES string of the molecule is COc1c(C)cc(-c2cc(NC3CC3)n3ncc(/C=C(\NC=O)C(N)=O)c3n2)cc1C. The van der Waals surface area contributed by atoms with Crippen LogP contribution in [-0.2, 0) is 9.59 Å². The molecule has 2 heterocycles. The lowest BCUT2D eigenvalue weighted by atomic mass is 10.0. The lowest BCUT2D eigenvalue weighted by Gasteiger charge is -2.13. The van der Waals surface area contributed by atoms with Crippen LogP contribution in [0.25, 0.3) is 23.0 Å². The average molecular weight is 420 g/mol. The fourth-order valence-corrected chi connectivity index (χ4v) is 3.59. The Balaban J connectivity index is 1.89. The molecule has 2 amide bonds. The molecule has 4 N–H and O–H groups in total. The third-order valence-electron chi connectivity index (χ3n) is 5.17. The van der Waals surface area contributed by atoms with E-state index >= 15 is 0 Å². The number of hydrogen-bond acceptors (Lipinski definition) is 6. The molecule has 0 spiro atoms. The summed E-state index contributed by atoms with van der Waals surface area (Å²) < 4.78 is 7.17. The molecule has 0 radical (unpaired) electrons. The number of amides is 2. The number of ether oxygens (including phenoxy) is 1. The highest BCUT2D eigenvalue weighted by atomic mass is 16.5. The van der Waals surface area contributed by atoms with E-state index in [4.69, 9.17) is 15.5 Å². The molecule has 160 valence electrons. The lowest BCUT2D eigenvalue weighted by Crippen LogP contribution is -2.24. The summed E-state index contributed by atoms with van der Waals surface area (Å²) in [6.07, 6.45) is 5.67. The predicted molar refractivity (Wildman–Crippen MR) is 117 cm³/mol. The van der Waals surface area contributed by atoms with Crippen molar-refractivity contribution in [2.75, 3.05) is 12.4 Å². The van der Waals surface area contributed by atoms with Crippen LogP contribution in [0.15, 0.2) is 30.1 Å². The molecule has 1 aliphatic rings. The summed E-state index contributed by atoms with van der Waals surface area (Å²) in [6.45, 7) is 3.99. The van der Waals surface area contributed by atoms with E-state index < -0.39 is 5.91 Å². The molecule has 9 nitrogen and oxygen atoms in total. The molecule has 2 aromatic heterocycles. The van der Waals surface area contributed by atoms with Crippen molar-refractivity contribution in [2.45, 2.75) is 32.7 Å². The van der Waals surface area contributed by atoms with Gasteiger partial charge in [0.05, 0.1) is 19.0 Å². The van der Waals surface area contributed by atoms with E-state index in [2.05, 4.69) is 15.7 Å². The van der Waals surface area contributed by atoms with E-state index in [-0.39, 0.29) is 5.70 Å². The molecule has 4 rings (SSSR count). The number of aryl methyl sites for hydroxylation is 2. The van der Waals surface area contributed by atoms with Gasteiger partial charge in [0.15, 0.2) is 5.65 Å². The Hall–Kier alpha value is -3.88.